The average molecular weight is 223 g/mol. The van der Waals surface area contributed by atoms with Crippen LogP contribution in [0.3, 0.4) is 0 Å². The molecule has 0 aliphatic rings. The summed E-state index contributed by atoms with van der Waals surface area (Å²) >= 11 is 0. The van der Waals surface area contributed by atoms with Crippen molar-refractivity contribution < 1.29 is 9.47 Å². The molecule has 0 aliphatic carbocycles. The predicted molar refractivity (Wildman–Crippen MR) is 67.0 cm³/mol. The number of nitrogen functional groups attached to an aromatic ring is 1. The van der Waals surface area contributed by atoms with Crippen LogP contribution in [0.4, 0.5) is 5.69 Å². The lowest BCUT2D eigenvalue weighted by molar-refractivity contribution is 0.241. The number of rotatable bonds is 6. The minimum atomic E-state index is 0.119. The molecule has 0 fully saturated rings. The minimum Gasteiger partial charge on any atom is -0.491 e. The Morgan fingerprint density at radius 2 is 1.94 bits per heavy atom. The number of benzene rings is 1. The molecule has 0 heterocycles. The Balaban J connectivity index is 2.70. The number of hydrogen-bond donors (Lipinski definition) is 1. The average Bonchev–Trinajstić information content (AvgIpc) is 2.23. The second-order valence-corrected chi connectivity index (χ2v) is 4.04. The lowest BCUT2D eigenvalue weighted by Crippen LogP contribution is -2.08. The standard InChI is InChI=1S/C13H21NO2/c1-4-5-9-15-11-7-6-8-12(13(11)14)16-10(2)3/h6-8,10H,4-5,9,14H2,1-3H3. The van der Waals surface area contributed by atoms with E-state index in [-0.39, 0.29) is 6.10 Å². The van der Waals surface area contributed by atoms with E-state index in [2.05, 4.69) is 6.92 Å². The molecule has 0 aliphatic heterocycles. The molecule has 0 saturated carbocycles. The zero-order valence-corrected chi connectivity index (χ0v) is 10.3. The number of hydrogen-bond acceptors (Lipinski definition) is 3. The third kappa shape index (κ3) is 3.65. The molecule has 2 N–H and O–H groups in total. The highest BCUT2D eigenvalue weighted by Gasteiger charge is 2.08. The van der Waals surface area contributed by atoms with Gasteiger partial charge in [-0.1, -0.05) is 19.4 Å². The third-order valence-corrected chi connectivity index (χ3v) is 2.14. The zero-order valence-electron chi connectivity index (χ0n) is 10.3. The molecule has 16 heavy (non-hydrogen) atoms. The van der Waals surface area contributed by atoms with Gasteiger partial charge in [0.2, 0.25) is 0 Å². The van der Waals surface area contributed by atoms with E-state index in [1.165, 1.54) is 0 Å². The summed E-state index contributed by atoms with van der Waals surface area (Å²) in [7, 11) is 0. The molecule has 90 valence electrons. The van der Waals surface area contributed by atoms with Gasteiger partial charge in [-0.3, -0.25) is 0 Å². The van der Waals surface area contributed by atoms with Crippen molar-refractivity contribution in [3.05, 3.63) is 18.2 Å². The first kappa shape index (κ1) is 12.7. The number of ether oxygens (including phenoxy) is 2. The van der Waals surface area contributed by atoms with E-state index < -0.39 is 0 Å². The second kappa shape index (κ2) is 6.26. The molecule has 1 rings (SSSR count). The van der Waals surface area contributed by atoms with Gasteiger partial charge in [0.15, 0.2) is 0 Å². The van der Waals surface area contributed by atoms with Crippen LogP contribution in [0.25, 0.3) is 0 Å². The summed E-state index contributed by atoms with van der Waals surface area (Å²) in [6, 6.07) is 5.63. The Hall–Kier alpha value is -1.38. The van der Waals surface area contributed by atoms with Gasteiger partial charge in [0.05, 0.1) is 12.7 Å². The summed E-state index contributed by atoms with van der Waals surface area (Å²) in [4.78, 5) is 0. The summed E-state index contributed by atoms with van der Waals surface area (Å²) < 4.78 is 11.2. The summed E-state index contributed by atoms with van der Waals surface area (Å²) in [5.41, 5.74) is 6.55. The van der Waals surface area contributed by atoms with E-state index in [0.717, 1.165) is 12.8 Å². The number of unbranched alkanes of at least 4 members (excludes halogenated alkanes) is 1. The highest BCUT2D eigenvalue weighted by atomic mass is 16.5. The number of nitrogens with two attached hydrogens (primary N) is 1. The van der Waals surface area contributed by atoms with Gasteiger partial charge in [-0.25, -0.2) is 0 Å². The fourth-order valence-corrected chi connectivity index (χ4v) is 1.33. The Morgan fingerprint density at radius 1 is 1.25 bits per heavy atom. The van der Waals surface area contributed by atoms with Crippen LogP contribution in [0.5, 0.6) is 11.5 Å². The Morgan fingerprint density at radius 3 is 2.56 bits per heavy atom. The normalized spacial score (nSPS) is 10.5. The topological polar surface area (TPSA) is 44.5 Å². The Kier molecular flexibility index (Phi) is 4.96. The monoisotopic (exact) mass is 223 g/mol. The predicted octanol–water partition coefficient (Wildman–Crippen LogP) is 3.23. The van der Waals surface area contributed by atoms with Crippen molar-refractivity contribution in [1.29, 1.82) is 0 Å². The molecule has 0 saturated heterocycles. The maximum atomic E-state index is 5.96. The fraction of sp³-hybridized carbons (Fsp3) is 0.538. The van der Waals surface area contributed by atoms with E-state index in [0.29, 0.717) is 23.8 Å². The molecule has 1 aromatic rings. The van der Waals surface area contributed by atoms with Gasteiger partial charge < -0.3 is 15.2 Å². The quantitative estimate of drug-likeness (QED) is 0.595. The minimum absolute atomic E-state index is 0.119. The van der Waals surface area contributed by atoms with Crippen LogP contribution < -0.4 is 15.2 Å². The lowest BCUT2D eigenvalue weighted by Gasteiger charge is -2.15. The largest absolute Gasteiger partial charge is 0.491 e. The summed E-state index contributed by atoms with van der Waals surface area (Å²) in [6.07, 6.45) is 2.27. The van der Waals surface area contributed by atoms with Crippen LogP contribution in [-0.4, -0.2) is 12.7 Å². The van der Waals surface area contributed by atoms with Gasteiger partial charge in [-0.05, 0) is 32.4 Å². The van der Waals surface area contributed by atoms with Crippen molar-refractivity contribution in [2.45, 2.75) is 39.7 Å². The number of para-hydroxylation sites is 1. The van der Waals surface area contributed by atoms with E-state index >= 15 is 0 Å². The van der Waals surface area contributed by atoms with Crippen molar-refractivity contribution >= 4 is 5.69 Å². The van der Waals surface area contributed by atoms with E-state index in [9.17, 15) is 0 Å². The van der Waals surface area contributed by atoms with Gasteiger partial charge in [0.25, 0.3) is 0 Å². The van der Waals surface area contributed by atoms with Crippen molar-refractivity contribution in [2.24, 2.45) is 0 Å². The molecule has 0 unspecified atom stereocenters. The molecule has 1 aromatic carbocycles. The molecular weight excluding hydrogens is 202 g/mol. The van der Waals surface area contributed by atoms with E-state index in [1.807, 2.05) is 32.0 Å². The molecule has 0 spiro atoms. The van der Waals surface area contributed by atoms with Crippen molar-refractivity contribution in [1.82, 2.24) is 0 Å². The summed E-state index contributed by atoms with van der Waals surface area (Å²) in [5, 5.41) is 0. The SMILES string of the molecule is CCCCOc1cccc(OC(C)C)c1N. The van der Waals surface area contributed by atoms with Crippen LogP contribution in [0.1, 0.15) is 33.6 Å². The first-order valence-electron chi connectivity index (χ1n) is 5.83. The molecule has 3 nitrogen and oxygen atoms in total. The highest BCUT2D eigenvalue weighted by molar-refractivity contribution is 5.62. The third-order valence-electron chi connectivity index (χ3n) is 2.14. The molecule has 0 atom stereocenters. The summed E-state index contributed by atoms with van der Waals surface area (Å²) in [5.74, 6) is 1.41. The molecule has 0 aromatic heterocycles. The van der Waals surface area contributed by atoms with Crippen LogP contribution >= 0.6 is 0 Å². The van der Waals surface area contributed by atoms with Crippen LogP contribution in [0.15, 0.2) is 18.2 Å². The first-order valence-corrected chi connectivity index (χ1v) is 5.83. The number of anilines is 1. The molecular formula is C13H21NO2. The Labute approximate surface area is 97.6 Å². The van der Waals surface area contributed by atoms with Gasteiger partial charge >= 0.3 is 0 Å². The molecule has 0 radical (unpaired) electrons. The van der Waals surface area contributed by atoms with Gasteiger partial charge in [-0.15, -0.1) is 0 Å². The van der Waals surface area contributed by atoms with Crippen molar-refractivity contribution in [3.63, 3.8) is 0 Å². The smallest absolute Gasteiger partial charge is 0.146 e. The van der Waals surface area contributed by atoms with Gasteiger partial charge in [-0.2, -0.15) is 0 Å². The van der Waals surface area contributed by atoms with Crippen LogP contribution in [0.2, 0.25) is 0 Å². The van der Waals surface area contributed by atoms with Crippen LogP contribution in [-0.2, 0) is 0 Å². The van der Waals surface area contributed by atoms with Gasteiger partial charge in [0, 0.05) is 0 Å². The van der Waals surface area contributed by atoms with Crippen molar-refractivity contribution in [2.75, 3.05) is 12.3 Å². The maximum absolute atomic E-state index is 5.96. The lowest BCUT2D eigenvalue weighted by atomic mass is 10.2. The summed E-state index contributed by atoms with van der Waals surface area (Å²) in [6.45, 7) is 6.78. The fourth-order valence-electron chi connectivity index (χ4n) is 1.33. The van der Waals surface area contributed by atoms with E-state index in [1.54, 1.807) is 0 Å². The second-order valence-electron chi connectivity index (χ2n) is 4.04. The molecule has 0 bridgehead atoms. The molecule has 0 amide bonds. The van der Waals surface area contributed by atoms with Gasteiger partial charge in [0.1, 0.15) is 17.2 Å². The first-order chi connectivity index (χ1) is 7.65. The van der Waals surface area contributed by atoms with Crippen molar-refractivity contribution in [3.8, 4) is 11.5 Å². The highest BCUT2D eigenvalue weighted by Crippen LogP contribution is 2.32. The van der Waals surface area contributed by atoms with E-state index in [4.69, 9.17) is 15.2 Å². The maximum Gasteiger partial charge on any atom is 0.146 e. The zero-order chi connectivity index (χ0) is 12.0. The Bertz CT molecular complexity index is 324. The van der Waals surface area contributed by atoms with Crippen LogP contribution in [0, 0.1) is 0 Å². The molecule has 3 heteroatoms.